The number of hydrogen-bond donors (Lipinski definition) is 3. The van der Waals surface area contributed by atoms with Gasteiger partial charge in [0.2, 0.25) is 5.66 Å². The molecule has 1 unspecified atom stereocenters. The Morgan fingerprint density at radius 2 is 2.12 bits per heavy atom. The van der Waals surface area contributed by atoms with Crippen molar-refractivity contribution in [3.63, 3.8) is 0 Å². The molecule has 0 aliphatic carbocycles. The molecule has 5 heterocycles. The number of halogens is 3. The quantitative estimate of drug-likeness (QED) is 0.497. The molecule has 212 valence electrons. The molecular formula is C27H29F3N6O4. The van der Waals surface area contributed by atoms with Crippen LogP contribution in [-0.2, 0) is 26.1 Å². The van der Waals surface area contributed by atoms with Crippen LogP contribution in [0.25, 0.3) is 0 Å². The number of amides is 1. The van der Waals surface area contributed by atoms with E-state index in [4.69, 9.17) is 19.2 Å². The lowest BCUT2D eigenvalue weighted by molar-refractivity contribution is -0.141. The van der Waals surface area contributed by atoms with Crippen LogP contribution in [0.2, 0.25) is 0 Å². The second-order valence-corrected chi connectivity index (χ2v) is 10.6. The Bertz CT molecular complexity index is 1360. The average Bonchev–Trinajstić information content (AvgIpc) is 3.49. The van der Waals surface area contributed by atoms with Gasteiger partial charge in [-0.25, -0.2) is 4.98 Å². The number of pyridine rings is 1. The summed E-state index contributed by atoms with van der Waals surface area (Å²) < 4.78 is 57.8. The van der Waals surface area contributed by atoms with Crippen LogP contribution in [-0.4, -0.2) is 65.9 Å². The van der Waals surface area contributed by atoms with Crippen molar-refractivity contribution in [3.05, 3.63) is 65.6 Å². The lowest BCUT2D eigenvalue weighted by Crippen LogP contribution is -2.65. The van der Waals surface area contributed by atoms with Crippen LogP contribution < -0.4 is 20.7 Å². The molecule has 3 atom stereocenters. The molecule has 6 rings (SSSR count). The third kappa shape index (κ3) is 5.06. The smallest absolute Gasteiger partial charge is 0.416 e. The Kier molecular flexibility index (Phi) is 6.37. The zero-order valence-electron chi connectivity index (χ0n) is 21.9. The number of rotatable bonds is 6. The zero-order chi connectivity index (χ0) is 28.1. The van der Waals surface area contributed by atoms with E-state index in [1.165, 1.54) is 18.3 Å². The van der Waals surface area contributed by atoms with Crippen molar-refractivity contribution in [1.82, 2.24) is 20.5 Å². The zero-order valence-corrected chi connectivity index (χ0v) is 21.9. The van der Waals surface area contributed by atoms with Gasteiger partial charge in [0, 0.05) is 24.9 Å². The number of benzene rings is 1. The summed E-state index contributed by atoms with van der Waals surface area (Å²) in [5.74, 6) is -0.206. The van der Waals surface area contributed by atoms with E-state index in [-0.39, 0.29) is 30.1 Å². The molecule has 13 heteroatoms. The number of anilines is 1. The molecule has 2 aromatic rings. The van der Waals surface area contributed by atoms with E-state index < -0.39 is 29.1 Å². The summed E-state index contributed by atoms with van der Waals surface area (Å²) in [6.45, 7) is 5.90. The van der Waals surface area contributed by atoms with Crippen LogP contribution in [0.5, 0.6) is 5.75 Å². The van der Waals surface area contributed by atoms with Crippen LogP contribution in [0.4, 0.5) is 19.0 Å². The molecule has 2 saturated heterocycles. The van der Waals surface area contributed by atoms with Gasteiger partial charge in [-0.05, 0) is 44.5 Å². The Morgan fingerprint density at radius 1 is 1.27 bits per heavy atom. The van der Waals surface area contributed by atoms with Gasteiger partial charge in [0.1, 0.15) is 30.1 Å². The first kappa shape index (κ1) is 26.4. The number of carbonyl (C=O) groups excluding carboxylic acids is 1. The predicted octanol–water partition coefficient (Wildman–Crippen LogP) is 2.94. The summed E-state index contributed by atoms with van der Waals surface area (Å²) in [7, 11) is 0. The predicted molar refractivity (Wildman–Crippen MR) is 138 cm³/mol. The summed E-state index contributed by atoms with van der Waals surface area (Å²) in [6.07, 6.45) is -0.862. The highest BCUT2D eigenvalue weighted by atomic mass is 19.4. The Balaban J connectivity index is 1.24. The minimum atomic E-state index is -4.58. The molecule has 3 N–H and O–H groups in total. The highest BCUT2D eigenvalue weighted by Crippen LogP contribution is 2.35. The molecule has 4 aliphatic rings. The fourth-order valence-corrected chi connectivity index (χ4v) is 5.23. The van der Waals surface area contributed by atoms with Crippen molar-refractivity contribution < 1.29 is 32.2 Å². The molecule has 1 aromatic carbocycles. The largest absolute Gasteiger partial charge is 0.489 e. The average molecular weight is 559 g/mol. The first-order chi connectivity index (χ1) is 19.0. The van der Waals surface area contributed by atoms with Gasteiger partial charge in [0.05, 0.1) is 30.1 Å². The Morgan fingerprint density at radius 3 is 2.85 bits per heavy atom. The van der Waals surface area contributed by atoms with Crippen molar-refractivity contribution >= 4 is 17.6 Å². The topological polar surface area (TPSA) is 109 Å². The monoisotopic (exact) mass is 558 g/mol. The van der Waals surface area contributed by atoms with Crippen LogP contribution in [0.3, 0.4) is 0 Å². The summed E-state index contributed by atoms with van der Waals surface area (Å²) >= 11 is 0. The second-order valence-electron chi connectivity index (χ2n) is 10.6. The molecule has 2 fully saturated rings. The molecule has 0 spiro atoms. The number of carbonyl (C=O) groups is 1. The lowest BCUT2D eigenvalue weighted by Gasteiger charge is -2.42. The summed E-state index contributed by atoms with van der Waals surface area (Å²) in [5.41, 5.74) is -1.80. The minimum absolute atomic E-state index is 0.0569. The van der Waals surface area contributed by atoms with Gasteiger partial charge in [0.25, 0.3) is 5.91 Å². The van der Waals surface area contributed by atoms with Gasteiger partial charge in [-0.2, -0.15) is 13.2 Å². The van der Waals surface area contributed by atoms with Gasteiger partial charge in [-0.3, -0.25) is 9.79 Å². The molecule has 40 heavy (non-hydrogen) atoms. The van der Waals surface area contributed by atoms with Crippen molar-refractivity contribution in [1.29, 1.82) is 0 Å². The number of aromatic nitrogens is 1. The van der Waals surface area contributed by atoms with Gasteiger partial charge < -0.3 is 35.1 Å². The van der Waals surface area contributed by atoms with Crippen LogP contribution >= 0.6 is 0 Å². The summed E-state index contributed by atoms with van der Waals surface area (Å²) in [5, 5.41) is 8.89. The number of fused-ring (bicyclic) bond motifs is 4. The highest BCUT2D eigenvalue weighted by Gasteiger charge is 2.47. The summed E-state index contributed by atoms with van der Waals surface area (Å²) in [6, 6.07) is 7.90. The van der Waals surface area contributed by atoms with Crippen molar-refractivity contribution in [2.45, 2.75) is 50.0 Å². The molecule has 1 amide bonds. The normalized spacial score (nSPS) is 26.7. The molecule has 4 aliphatic heterocycles. The van der Waals surface area contributed by atoms with Gasteiger partial charge >= 0.3 is 6.18 Å². The van der Waals surface area contributed by atoms with E-state index in [0.717, 1.165) is 37.3 Å². The first-order valence-corrected chi connectivity index (χ1v) is 13.0. The Hall–Kier alpha value is -3.84. The van der Waals surface area contributed by atoms with Gasteiger partial charge in [-0.15, -0.1) is 0 Å². The highest BCUT2D eigenvalue weighted by molar-refractivity contribution is 6.07. The standard InChI is InChI=1S/C27H29F3N6O4/c1-25(2)39-15-20(40-25)14-38-19-6-7-22(31-11-19)34-24(37)26(16-4-3-5-17(10-16)27(28,29)30)32-12-21-23(35-26)33-18-8-9-36(21)13-18/h3-7,10-12,18,20,32H,8-9,13-15H2,1-2H3,(H,33,35)(H,31,34,37)/t18-,20+,26?/m0/s1. The van der Waals surface area contributed by atoms with Crippen LogP contribution in [0, 0.1) is 0 Å². The fraction of sp³-hybridized carbons (Fsp3) is 0.444. The SMILES string of the molecule is CC1(C)OC[C@@H](COc2ccc(NC(=O)C3(c4cccc(C(F)(F)F)c4)NC=C4C(=N[C@H]5CCN4C5)N3)nc2)O1. The van der Waals surface area contributed by atoms with E-state index in [0.29, 0.717) is 18.2 Å². The molecule has 1 aromatic heterocycles. The third-order valence-corrected chi connectivity index (χ3v) is 7.23. The molecule has 0 radical (unpaired) electrons. The maximum Gasteiger partial charge on any atom is 0.416 e. The fourth-order valence-electron chi connectivity index (χ4n) is 5.23. The number of ether oxygens (including phenoxy) is 3. The van der Waals surface area contributed by atoms with Crippen molar-refractivity contribution in [2.24, 2.45) is 4.99 Å². The third-order valence-electron chi connectivity index (χ3n) is 7.23. The van der Waals surface area contributed by atoms with Gasteiger partial charge in [0.15, 0.2) is 5.79 Å². The molecule has 2 bridgehead atoms. The lowest BCUT2D eigenvalue weighted by atomic mass is 9.94. The Labute approximate surface area is 228 Å². The van der Waals surface area contributed by atoms with E-state index in [2.05, 4.69) is 25.8 Å². The van der Waals surface area contributed by atoms with Crippen molar-refractivity contribution in [3.8, 4) is 5.75 Å². The number of alkyl halides is 3. The van der Waals surface area contributed by atoms with E-state index in [1.807, 2.05) is 13.8 Å². The molecule has 10 nitrogen and oxygen atoms in total. The van der Waals surface area contributed by atoms with Crippen molar-refractivity contribution in [2.75, 3.05) is 31.6 Å². The maximum absolute atomic E-state index is 13.8. The summed E-state index contributed by atoms with van der Waals surface area (Å²) in [4.78, 5) is 24.9. The second kappa shape index (κ2) is 9.66. The van der Waals surface area contributed by atoms with E-state index in [1.54, 1.807) is 18.3 Å². The number of nitrogens with zero attached hydrogens (tertiary/aromatic N) is 3. The number of hydrogen-bond acceptors (Lipinski definition) is 9. The number of amidine groups is 1. The molecular weight excluding hydrogens is 529 g/mol. The number of aliphatic imine (C=N–C) groups is 1. The van der Waals surface area contributed by atoms with Crippen LogP contribution in [0.1, 0.15) is 31.4 Å². The molecule has 0 saturated carbocycles. The maximum atomic E-state index is 13.8. The van der Waals surface area contributed by atoms with E-state index >= 15 is 0 Å². The van der Waals surface area contributed by atoms with Gasteiger partial charge in [-0.1, -0.05) is 12.1 Å². The first-order valence-electron chi connectivity index (χ1n) is 13.0. The van der Waals surface area contributed by atoms with E-state index in [9.17, 15) is 18.0 Å². The minimum Gasteiger partial charge on any atom is -0.489 e. The van der Waals surface area contributed by atoms with Crippen LogP contribution in [0.15, 0.2) is 59.5 Å². The number of nitrogens with one attached hydrogen (secondary N) is 3.